The molecule has 1 nitrogen and oxygen atoms in total. The van der Waals surface area contributed by atoms with Crippen molar-refractivity contribution >= 4 is 11.6 Å². The van der Waals surface area contributed by atoms with Gasteiger partial charge in [-0.15, -0.1) is 0 Å². The fraction of sp³-hybridized carbons (Fsp3) is 0. The average molecular weight is 244 g/mol. The quantitative estimate of drug-likeness (QED) is 0.548. The Morgan fingerprint density at radius 2 is 1.69 bits per heavy atom. The minimum absolute atomic E-state index is 0.124. The van der Waals surface area contributed by atoms with Crippen LogP contribution in [0.1, 0.15) is 0 Å². The molecule has 0 spiro atoms. The van der Waals surface area contributed by atoms with Crippen molar-refractivity contribution in [3.05, 3.63) is 52.9 Å². The summed E-state index contributed by atoms with van der Waals surface area (Å²) >= 11 is 5.62. The van der Waals surface area contributed by atoms with Crippen LogP contribution < -0.4 is 0 Å². The van der Waals surface area contributed by atoms with Crippen molar-refractivity contribution in [1.82, 2.24) is 4.98 Å². The summed E-state index contributed by atoms with van der Waals surface area (Å²) in [7, 11) is 0. The van der Waals surface area contributed by atoms with Crippen molar-refractivity contribution in [2.45, 2.75) is 0 Å². The minimum Gasteiger partial charge on any atom is -0.236 e. The molecule has 1 heterocycles. The molecule has 0 atom stereocenters. The lowest BCUT2D eigenvalue weighted by molar-refractivity contribution is 0.449. The molecule has 0 saturated carbocycles. The Kier molecular flexibility index (Phi) is 2.83. The molecule has 0 radical (unpaired) electrons. The molecule has 0 bridgehead atoms. The largest absolute Gasteiger partial charge is 0.236 e. The van der Waals surface area contributed by atoms with Crippen LogP contribution in [0.5, 0.6) is 0 Å². The van der Waals surface area contributed by atoms with E-state index in [2.05, 4.69) is 4.98 Å². The monoisotopic (exact) mass is 243 g/mol. The van der Waals surface area contributed by atoms with E-state index in [-0.39, 0.29) is 16.4 Å². The first-order valence-corrected chi connectivity index (χ1v) is 4.74. The first kappa shape index (κ1) is 11.0. The topological polar surface area (TPSA) is 12.9 Å². The van der Waals surface area contributed by atoms with Crippen LogP contribution in [-0.2, 0) is 0 Å². The molecule has 16 heavy (non-hydrogen) atoms. The van der Waals surface area contributed by atoms with Crippen LogP contribution in [0.3, 0.4) is 0 Å². The van der Waals surface area contributed by atoms with Crippen LogP contribution in [0.4, 0.5) is 13.2 Å². The standard InChI is InChI=1S/C11H5ClF3N/c12-9-3-1-2-8(16-9)6-4-5-7(13)11(15)10(6)14/h1-5H. The highest BCUT2D eigenvalue weighted by Gasteiger charge is 2.15. The van der Waals surface area contributed by atoms with Gasteiger partial charge in [0.25, 0.3) is 0 Å². The van der Waals surface area contributed by atoms with E-state index >= 15 is 0 Å². The molecule has 0 aliphatic carbocycles. The average Bonchev–Trinajstić information content (AvgIpc) is 2.26. The van der Waals surface area contributed by atoms with Gasteiger partial charge in [-0.1, -0.05) is 17.7 Å². The maximum absolute atomic E-state index is 13.4. The van der Waals surface area contributed by atoms with Crippen LogP contribution >= 0.6 is 11.6 Å². The second-order valence-electron chi connectivity index (χ2n) is 3.07. The van der Waals surface area contributed by atoms with Crippen LogP contribution in [-0.4, -0.2) is 4.98 Å². The predicted octanol–water partition coefficient (Wildman–Crippen LogP) is 3.82. The number of aromatic nitrogens is 1. The van der Waals surface area contributed by atoms with Gasteiger partial charge >= 0.3 is 0 Å². The number of hydrogen-bond donors (Lipinski definition) is 0. The molecule has 5 heteroatoms. The molecule has 0 amide bonds. The third-order valence-electron chi connectivity index (χ3n) is 2.03. The third kappa shape index (κ3) is 1.88. The predicted molar refractivity (Wildman–Crippen MR) is 54.6 cm³/mol. The molecule has 0 fully saturated rings. The first-order chi connectivity index (χ1) is 7.59. The highest BCUT2D eigenvalue weighted by molar-refractivity contribution is 6.29. The Bertz CT molecular complexity index is 543. The summed E-state index contributed by atoms with van der Waals surface area (Å²) in [5.41, 5.74) is 0.0327. The van der Waals surface area contributed by atoms with Crippen LogP contribution in [0.15, 0.2) is 30.3 Å². The lowest BCUT2D eigenvalue weighted by Gasteiger charge is -2.04. The van der Waals surface area contributed by atoms with Gasteiger partial charge in [0.05, 0.1) is 5.69 Å². The van der Waals surface area contributed by atoms with Gasteiger partial charge in [-0.2, -0.15) is 0 Å². The second kappa shape index (κ2) is 4.14. The number of halogens is 4. The van der Waals surface area contributed by atoms with Crippen molar-refractivity contribution in [1.29, 1.82) is 0 Å². The summed E-state index contributed by atoms with van der Waals surface area (Å²) in [5, 5.41) is 0.154. The number of rotatable bonds is 1. The molecule has 2 aromatic rings. The molecule has 1 aromatic carbocycles. The molecule has 82 valence electrons. The summed E-state index contributed by atoms with van der Waals surface area (Å²) in [4.78, 5) is 3.81. The van der Waals surface area contributed by atoms with E-state index in [1.54, 1.807) is 6.07 Å². The fourth-order valence-corrected chi connectivity index (χ4v) is 1.45. The molecular weight excluding hydrogens is 239 g/mol. The zero-order valence-corrected chi connectivity index (χ0v) is 8.60. The van der Waals surface area contributed by atoms with Gasteiger partial charge in [0, 0.05) is 5.56 Å². The molecule has 2 rings (SSSR count). The minimum atomic E-state index is -1.51. The van der Waals surface area contributed by atoms with Gasteiger partial charge in [0.1, 0.15) is 5.15 Å². The lowest BCUT2D eigenvalue weighted by atomic mass is 10.1. The van der Waals surface area contributed by atoms with Crippen LogP contribution in [0.25, 0.3) is 11.3 Å². The zero-order chi connectivity index (χ0) is 11.7. The lowest BCUT2D eigenvalue weighted by Crippen LogP contribution is -1.95. The first-order valence-electron chi connectivity index (χ1n) is 4.36. The Balaban J connectivity index is 2.61. The molecule has 0 saturated heterocycles. The van der Waals surface area contributed by atoms with Crippen molar-refractivity contribution < 1.29 is 13.2 Å². The van der Waals surface area contributed by atoms with Crippen LogP contribution in [0.2, 0.25) is 5.15 Å². The van der Waals surface area contributed by atoms with E-state index in [0.717, 1.165) is 12.1 Å². The number of pyridine rings is 1. The summed E-state index contributed by atoms with van der Waals surface area (Å²) in [6.45, 7) is 0. The Hall–Kier alpha value is -1.55. The smallest absolute Gasteiger partial charge is 0.195 e. The van der Waals surface area contributed by atoms with Gasteiger partial charge < -0.3 is 0 Å². The normalized spacial score (nSPS) is 10.5. The van der Waals surface area contributed by atoms with Crippen molar-refractivity contribution in [3.8, 4) is 11.3 Å². The summed E-state index contributed by atoms with van der Waals surface area (Å²) < 4.78 is 39.0. The SMILES string of the molecule is Fc1ccc(-c2cccc(Cl)n2)c(F)c1F. The highest BCUT2D eigenvalue weighted by Crippen LogP contribution is 2.25. The van der Waals surface area contributed by atoms with E-state index in [0.29, 0.717) is 0 Å². The highest BCUT2D eigenvalue weighted by atomic mass is 35.5. The molecule has 1 aromatic heterocycles. The number of hydrogen-bond acceptors (Lipinski definition) is 1. The Morgan fingerprint density at radius 1 is 0.938 bits per heavy atom. The van der Waals surface area contributed by atoms with E-state index in [1.807, 2.05) is 0 Å². The van der Waals surface area contributed by atoms with Gasteiger partial charge in [-0.3, -0.25) is 0 Å². The van der Waals surface area contributed by atoms with Gasteiger partial charge in [-0.25, -0.2) is 18.2 Å². The maximum Gasteiger partial charge on any atom is 0.195 e. The third-order valence-corrected chi connectivity index (χ3v) is 2.24. The molecule has 0 N–H and O–H groups in total. The molecule has 0 aliphatic heterocycles. The van der Waals surface area contributed by atoms with Crippen molar-refractivity contribution in [2.24, 2.45) is 0 Å². The number of benzene rings is 1. The summed E-state index contributed by atoms with van der Waals surface area (Å²) in [6.07, 6.45) is 0. The van der Waals surface area contributed by atoms with Crippen molar-refractivity contribution in [2.75, 3.05) is 0 Å². The summed E-state index contributed by atoms with van der Waals surface area (Å²) in [6, 6.07) is 6.47. The zero-order valence-electron chi connectivity index (χ0n) is 7.85. The molecule has 0 unspecified atom stereocenters. The fourth-order valence-electron chi connectivity index (χ4n) is 1.28. The van der Waals surface area contributed by atoms with Gasteiger partial charge in [0.2, 0.25) is 0 Å². The second-order valence-corrected chi connectivity index (χ2v) is 3.46. The molecule has 0 aliphatic rings. The Labute approximate surface area is 94.5 Å². The van der Waals surface area contributed by atoms with E-state index in [4.69, 9.17) is 11.6 Å². The van der Waals surface area contributed by atoms with Crippen LogP contribution in [0, 0.1) is 17.5 Å². The van der Waals surface area contributed by atoms with E-state index in [1.165, 1.54) is 12.1 Å². The summed E-state index contributed by atoms with van der Waals surface area (Å²) in [5.74, 6) is -4.02. The van der Waals surface area contributed by atoms with Crippen molar-refractivity contribution in [3.63, 3.8) is 0 Å². The van der Waals surface area contributed by atoms with Gasteiger partial charge in [-0.05, 0) is 24.3 Å². The van der Waals surface area contributed by atoms with Gasteiger partial charge in [0.15, 0.2) is 17.5 Å². The Morgan fingerprint density at radius 3 is 2.38 bits per heavy atom. The molecular formula is C11H5ClF3N. The van der Waals surface area contributed by atoms with E-state index < -0.39 is 17.5 Å². The maximum atomic E-state index is 13.4. The number of nitrogens with zero attached hydrogens (tertiary/aromatic N) is 1. The van der Waals surface area contributed by atoms with E-state index in [9.17, 15) is 13.2 Å².